The third-order valence-corrected chi connectivity index (χ3v) is 6.88. The van der Waals surface area contributed by atoms with Crippen molar-refractivity contribution in [3.8, 4) is 0 Å². The fourth-order valence-electron chi connectivity index (χ4n) is 3.29. The van der Waals surface area contributed by atoms with Crippen LogP contribution in [0.5, 0.6) is 0 Å². The van der Waals surface area contributed by atoms with E-state index in [0.717, 1.165) is 12.1 Å². The van der Waals surface area contributed by atoms with E-state index in [0.29, 0.717) is 0 Å². The minimum absolute atomic E-state index is 0.00636. The van der Waals surface area contributed by atoms with E-state index in [1.54, 1.807) is 5.32 Å². The third kappa shape index (κ3) is 5.92. The van der Waals surface area contributed by atoms with Crippen LogP contribution < -0.4 is 10.6 Å². The summed E-state index contributed by atoms with van der Waals surface area (Å²) < 4.78 is 74.8. The van der Waals surface area contributed by atoms with Crippen molar-refractivity contribution in [2.24, 2.45) is 5.92 Å². The molecule has 2 amide bonds. The van der Waals surface area contributed by atoms with Crippen molar-refractivity contribution in [3.05, 3.63) is 62.6 Å². The summed E-state index contributed by atoms with van der Waals surface area (Å²) in [5, 5.41) is 3.90. The molecule has 184 valence electrons. The maximum Gasteiger partial charge on any atom is 0.417 e. The van der Waals surface area contributed by atoms with Crippen molar-refractivity contribution in [2.75, 3.05) is 11.9 Å². The number of alkyl halides is 8. The van der Waals surface area contributed by atoms with Crippen LogP contribution in [0.15, 0.2) is 40.9 Å². The van der Waals surface area contributed by atoms with Gasteiger partial charge in [-0.15, -0.1) is 23.2 Å². The second-order valence-electron chi connectivity index (χ2n) is 7.35. The SMILES string of the molecule is O=C(NCC(F)(F)F)c1cc(NC(=O)[C@@H]2[C@@H](c3ccc(Br)c(C(F)(F)F)c3)C2(Cl)Cl)ccc1Cl. The second kappa shape index (κ2) is 9.40. The third-order valence-electron chi connectivity index (χ3n) is 4.92. The average Bonchev–Trinajstić information content (AvgIpc) is 3.28. The number of nitrogens with one attached hydrogen (secondary N) is 2. The monoisotopic (exact) mass is 610 g/mol. The van der Waals surface area contributed by atoms with Gasteiger partial charge in [0.15, 0.2) is 0 Å². The molecular formula is C20H12BrCl3F6N2O2. The first-order chi connectivity index (χ1) is 15.5. The number of anilines is 1. The molecule has 0 unspecified atom stereocenters. The highest BCUT2D eigenvalue weighted by atomic mass is 79.9. The van der Waals surface area contributed by atoms with Gasteiger partial charge in [0.1, 0.15) is 10.9 Å². The van der Waals surface area contributed by atoms with Gasteiger partial charge in [0.2, 0.25) is 5.91 Å². The maximum atomic E-state index is 13.2. The maximum absolute atomic E-state index is 13.2. The Morgan fingerprint density at radius 3 is 2.26 bits per heavy atom. The average molecular weight is 613 g/mol. The number of hydrogen-bond acceptors (Lipinski definition) is 2. The Hall–Kier alpha value is -1.69. The summed E-state index contributed by atoms with van der Waals surface area (Å²) in [5.41, 5.74) is -1.22. The van der Waals surface area contributed by atoms with Crippen LogP contribution in [0.4, 0.5) is 32.0 Å². The molecule has 1 saturated carbocycles. The van der Waals surface area contributed by atoms with Crippen LogP contribution in [0.2, 0.25) is 5.02 Å². The van der Waals surface area contributed by atoms with Crippen LogP contribution in [0.25, 0.3) is 0 Å². The Morgan fingerprint density at radius 1 is 1.03 bits per heavy atom. The van der Waals surface area contributed by atoms with Crippen molar-refractivity contribution in [3.63, 3.8) is 0 Å². The van der Waals surface area contributed by atoms with Gasteiger partial charge in [0.25, 0.3) is 5.91 Å². The highest BCUT2D eigenvalue weighted by Gasteiger charge is 2.67. The molecule has 14 heteroatoms. The summed E-state index contributed by atoms with van der Waals surface area (Å²) in [7, 11) is 0. The minimum atomic E-state index is -4.66. The van der Waals surface area contributed by atoms with Gasteiger partial charge in [-0.05, 0) is 35.9 Å². The van der Waals surface area contributed by atoms with Crippen LogP contribution >= 0.6 is 50.7 Å². The predicted octanol–water partition coefficient (Wildman–Crippen LogP) is 6.94. The van der Waals surface area contributed by atoms with Crippen molar-refractivity contribution in [2.45, 2.75) is 22.6 Å². The fourth-order valence-corrected chi connectivity index (χ4v) is 4.80. The zero-order valence-electron chi connectivity index (χ0n) is 16.4. The number of halogens is 10. The Bertz CT molecular complexity index is 1140. The topological polar surface area (TPSA) is 58.2 Å². The predicted molar refractivity (Wildman–Crippen MR) is 118 cm³/mol. The normalized spacial score (nSPS) is 19.5. The van der Waals surface area contributed by atoms with E-state index < -0.39 is 52.4 Å². The van der Waals surface area contributed by atoms with Crippen LogP contribution in [-0.2, 0) is 11.0 Å². The van der Waals surface area contributed by atoms with Crippen LogP contribution in [0, 0.1) is 5.92 Å². The highest BCUT2D eigenvalue weighted by Crippen LogP contribution is 2.65. The largest absolute Gasteiger partial charge is 0.417 e. The molecule has 1 fully saturated rings. The molecule has 2 atom stereocenters. The summed E-state index contributed by atoms with van der Waals surface area (Å²) in [6.45, 7) is -1.59. The molecule has 4 nitrogen and oxygen atoms in total. The van der Waals surface area contributed by atoms with E-state index >= 15 is 0 Å². The summed E-state index contributed by atoms with van der Waals surface area (Å²) in [4.78, 5) is 24.8. The number of carbonyl (C=O) groups is 2. The van der Waals surface area contributed by atoms with Crippen molar-refractivity contribution in [1.29, 1.82) is 0 Å². The quantitative estimate of drug-likeness (QED) is 0.284. The smallest absolute Gasteiger partial charge is 0.343 e. The number of hydrogen-bond donors (Lipinski definition) is 2. The van der Waals surface area contributed by atoms with Gasteiger partial charge >= 0.3 is 12.4 Å². The lowest BCUT2D eigenvalue weighted by molar-refractivity contribution is -0.138. The molecule has 0 radical (unpaired) electrons. The number of amides is 2. The lowest BCUT2D eigenvalue weighted by Gasteiger charge is -2.12. The highest BCUT2D eigenvalue weighted by molar-refractivity contribution is 9.10. The van der Waals surface area contributed by atoms with Crippen molar-refractivity contribution < 1.29 is 35.9 Å². The molecule has 0 bridgehead atoms. The molecule has 2 aromatic carbocycles. The molecule has 0 aromatic heterocycles. The number of rotatable bonds is 5. The molecule has 0 spiro atoms. The first kappa shape index (κ1) is 26.9. The second-order valence-corrected chi connectivity index (χ2v) is 10.1. The molecule has 0 heterocycles. The standard InChI is InChI=1S/C20H12BrCl3F6N2O2/c21-12-3-1-8(5-11(12)20(28,29)30)14-15(19(14,23)24)17(34)32-9-2-4-13(22)10(6-9)16(33)31-7-18(25,26)27/h1-6,14-15H,7H2,(H,31,33)(H,32,34)/t14-,15+/m1/s1. The lowest BCUT2D eigenvalue weighted by atomic mass is 10.0. The van der Waals surface area contributed by atoms with Gasteiger partial charge in [-0.2, -0.15) is 26.3 Å². The van der Waals surface area contributed by atoms with E-state index in [4.69, 9.17) is 34.8 Å². The molecule has 0 aliphatic heterocycles. The lowest BCUT2D eigenvalue weighted by Crippen LogP contribution is -2.33. The van der Waals surface area contributed by atoms with E-state index in [9.17, 15) is 35.9 Å². The Kier molecular flexibility index (Phi) is 7.44. The van der Waals surface area contributed by atoms with Gasteiger partial charge in [0.05, 0.1) is 22.1 Å². The summed E-state index contributed by atoms with van der Waals surface area (Å²) in [5.74, 6) is -4.00. The molecule has 0 saturated heterocycles. The molecule has 2 N–H and O–H groups in total. The molecule has 1 aliphatic rings. The summed E-state index contributed by atoms with van der Waals surface area (Å²) >= 11 is 21.1. The van der Waals surface area contributed by atoms with Gasteiger partial charge in [-0.25, -0.2) is 0 Å². The number of benzene rings is 2. The van der Waals surface area contributed by atoms with E-state index in [1.165, 1.54) is 24.3 Å². The minimum Gasteiger partial charge on any atom is -0.343 e. The number of carbonyl (C=O) groups excluding carboxylic acids is 2. The van der Waals surface area contributed by atoms with Crippen LogP contribution in [0.1, 0.15) is 27.4 Å². The molecule has 1 aliphatic carbocycles. The van der Waals surface area contributed by atoms with E-state index in [1.807, 2.05) is 0 Å². The van der Waals surface area contributed by atoms with Crippen molar-refractivity contribution in [1.82, 2.24) is 5.32 Å². The zero-order valence-corrected chi connectivity index (χ0v) is 20.3. The van der Waals surface area contributed by atoms with E-state index in [-0.39, 0.29) is 26.3 Å². The van der Waals surface area contributed by atoms with Gasteiger partial charge in [0, 0.05) is 16.1 Å². The Labute approximate surface area is 212 Å². The summed E-state index contributed by atoms with van der Waals surface area (Å²) in [6, 6.07) is 6.87. The Morgan fingerprint density at radius 2 is 1.68 bits per heavy atom. The van der Waals surface area contributed by atoms with Crippen LogP contribution in [-0.4, -0.2) is 28.9 Å². The van der Waals surface area contributed by atoms with Crippen molar-refractivity contribution >= 4 is 68.2 Å². The summed E-state index contributed by atoms with van der Waals surface area (Å²) in [6.07, 6.45) is -9.30. The van der Waals surface area contributed by atoms with Gasteiger partial charge in [-0.3, -0.25) is 9.59 Å². The first-order valence-corrected chi connectivity index (χ1v) is 11.1. The molecule has 3 rings (SSSR count). The van der Waals surface area contributed by atoms with Crippen LogP contribution in [0.3, 0.4) is 0 Å². The Balaban J connectivity index is 1.78. The molecule has 34 heavy (non-hydrogen) atoms. The van der Waals surface area contributed by atoms with Gasteiger partial charge < -0.3 is 10.6 Å². The first-order valence-electron chi connectivity index (χ1n) is 9.22. The molecular weight excluding hydrogens is 600 g/mol. The van der Waals surface area contributed by atoms with E-state index in [2.05, 4.69) is 21.2 Å². The van der Waals surface area contributed by atoms with Gasteiger partial charge in [-0.1, -0.05) is 33.6 Å². The fraction of sp³-hybridized carbons (Fsp3) is 0.300. The zero-order chi connectivity index (χ0) is 25.6. The molecule has 2 aromatic rings.